The van der Waals surface area contributed by atoms with Crippen LogP contribution in [0.4, 0.5) is 0 Å². The molecular formula is C41H39N3. The first kappa shape index (κ1) is 29.2. The average Bonchev–Trinajstić information content (AvgIpc) is 3.11. The van der Waals surface area contributed by atoms with E-state index in [1.807, 2.05) is 24.5 Å². The third-order valence-electron chi connectivity index (χ3n) is 9.11. The fourth-order valence-corrected chi connectivity index (χ4v) is 6.27. The minimum atomic E-state index is -0.209. The van der Waals surface area contributed by atoms with Crippen molar-refractivity contribution in [3.05, 3.63) is 186 Å². The molecule has 3 aromatic heterocycles. The molecule has 0 fully saturated rings. The smallest absolute Gasteiger partial charge is 0.0705 e. The molecule has 0 amide bonds. The summed E-state index contributed by atoms with van der Waals surface area (Å²) in [7, 11) is 0. The molecule has 2 atom stereocenters. The average molecular weight is 574 g/mol. The number of aryl methyl sites for hydroxylation is 2. The predicted octanol–water partition coefficient (Wildman–Crippen LogP) is 9.42. The molecule has 0 spiro atoms. The van der Waals surface area contributed by atoms with Gasteiger partial charge >= 0.3 is 0 Å². The largest absolute Gasteiger partial charge is 0.260 e. The zero-order chi connectivity index (χ0) is 30.2. The maximum Gasteiger partial charge on any atom is 0.0705 e. The van der Waals surface area contributed by atoms with Crippen LogP contribution < -0.4 is 0 Å². The highest BCUT2D eigenvalue weighted by molar-refractivity contribution is 5.60. The van der Waals surface area contributed by atoms with Crippen LogP contribution in [0.5, 0.6) is 0 Å². The normalized spacial score (nSPS) is 14.0. The summed E-state index contributed by atoms with van der Waals surface area (Å²) in [6, 6.07) is 49.2. The van der Waals surface area contributed by atoms with Crippen LogP contribution in [0.1, 0.15) is 60.5 Å². The van der Waals surface area contributed by atoms with E-state index in [9.17, 15) is 0 Å². The van der Waals surface area contributed by atoms with Crippen LogP contribution in [-0.2, 0) is 23.7 Å². The Bertz CT molecular complexity index is 1550. The van der Waals surface area contributed by atoms with Crippen molar-refractivity contribution in [2.45, 2.75) is 50.4 Å². The number of rotatable bonds is 11. The second-order valence-electron chi connectivity index (χ2n) is 12.0. The summed E-state index contributed by atoms with van der Waals surface area (Å²) in [5.74, 6) is 0. The Labute approximate surface area is 261 Å². The minimum absolute atomic E-state index is 0.185. The molecule has 0 radical (unpaired) electrons. The van der Waals surface area contributed by atoms with E-state index in [4.69, 9.17) is 15.0 Å². The molecule has 0 aliphatic rings. The molecule has 0 N–H and O–H groups in total. The number of aromatic nitrogens is 3. The summed E-state index contributed by atoms with van der Waals surface area (Å²) in [6.45, 7) is 4.61. The van der Waals surface area contributed by atoms with Crippen molar-refractivity contribution >= 4 is 0 Å². The van der Waals surface area contributed by atoms with E-state index >= 15 is 0 Å². The first-order valence-electron chi connectivity index (χ1n) is 15.5. The molecule has 0 aliphatic heterocycles. The van der Waals surface area contributed by atoms with Crippen LogP contribution in [0, 0.1) is 0 Å². The Morgan fingerprint density at radius 1 is 0.500 bits per heavy atom. The topological polar surface area (TPSA) is 38.7 Å². The fraction of sp³-hybridized carbons (Fsp3) is 0.195. The van der Waals surface area contributed by atoms with E-state index < -0.39 is 0 Å². The molecule has 0 aliphatic carbocycles. The van der Waals surface area contributed by atoms with Gasteiger partial charge in [-0.05, 0) is 98.7 Å². The van der Waals surface area contributed by atoms with Crippen molar-refractivity contribution in [3.63, 3.8) is 0 Å². The Hall–Kier alpha value is -4.89. The summed E-state index contributed by atoms with van der Waals surface area (Å²) in [6.07, 6.45) is 7.45. The standard InChI is InChI=1S/C41H39N3/c1-40(34-17-5-3-6-18-34,38-23-9-11-29-42-38)27-25-32-15-13-16-33(31-32)37-22-14-21-36(44-37)26-28-41(2,35-19-7-4-8-20-35)39-24-10-12-30-43-39/h3-24,29-31H,25-28H2,1-2H3. The maximum atomic E-state index is 5.15. The molecule has 3 heteroatoms. The molecule has 3 nitrogen and oxygen atoms in total. The minimum Gasteiger partial charge on any atom is -0.260 e. The Balaban J connectivity index is 1.21. The van der Waals surface area contributed by atoms with E-state index in [-0.39, 0.29) is 10.8 Å². The van der Waals surface area contributed by atoms with Gasteiger partial charge in [-0.25, -0.2) is 0 Å². The monoisotopic (exact) mass is 573 g/mol. The zero-order valence-corrected chi connectivity index (χ0v) is 25.6. The number of benzene rings is 3. The van der Waals surface area contributed by atoms with Gasteiger partial charge < -0.3 is 0 Å². The fourth-order valence-electron chi connectivity index (χ4n) is 6.27. The van der Waals surface area contributed by atoms with Crippen molar-refractivity contribution in [1.82, 2.24) is 15.0 Å². The van der Waals surface area contributed by atoms with Crippen LogP contribution in [0.15, 0.2) is 152 Å². The molecule has 218 valence electrons. The first-order chi connectivity index (χ1) is 21.5. The molecule has 0 saturated heterocycles. The molecule has 44 heavy (non-hydrogen) atoms. The van der Waals surface area contributed by atoms with E-state index in [0.717, 1.165) is 54.0 Å². The first-order valence-corrected chi connectivity index (χ1v) is 15.5. The quantitative estimate of drug-likeness (QED) is 0.155. The van der Waals surface area contributed by atoms with Gasteiger partial charge in [0, 0.05) is 34.5 Å². The lowest BCUT2D eigenvalue weighted by atomic mass is 9.75. The second-order valence-corrected chi connectivity index (χ2v) is 12.0. The van der Waals surface area contributed by atoms with Crippen molar-refractivity contribution < 1.29 is 0 Å². The van der Waals surface area contributed by atoms with Gasteiger partial charge in [-0.2, -0.15) is 0 Å². The Kier molecular flexibility index (Phi) is 8.74. The predicted molar refractivity (Wildman–Crippen MR) is 181 cm³/mol. The van der Waals surface area contributed by atoms with Crippen molar-refractivity contribution in [2.75, 3.05) is 0 Å². The number of hydrogen-bond acceptors (Lipinski definition) is 3. The third kappa shape index (κ3) is 6.38. The van der Waals surface area contributed by atoms with Gasteiger partial charge in [0.2, 0.25) is 0 Å². The van der Waals surface area contributed by atoms with Gasteiger partial charge in [0.25, 0.3) is 0 Å². The van der Waals surface area contributed by atoms with Gasteiger partial charge in [-0.1, -0.05) is 97.1 Å². The highest BCUT2D eigenvalue weighted by atomic mass is 14.7. The summed E-state index contributed by atoms with van der Waals surface area (Å²) >= 11 is 0. The van der Waals surface area contributed by atoms with Gasteiger partial charge in [0.15, 0.2) is 0 Å². The molecule has 3 aromatic carbocycles. The second kappa shape index (κ2) is 13.2. The van der Waals surface area contributed by atoms with Crippen molar-refractivity contribution in [3.8, 4) is 11.3 Å². The van der Waals surface area contributed by atoms with Crippen LogP contribution in [-0.4, -0.2) is 15.0 Å². The summed E-state index contributed by atoms with van der Waals surface area (Å²) in [4.78, 5) is 14.7. The highest BCUT2D eigenvalue weighted by Gasteiger charge is 2.31. The Morgan fingerprint density at radius 3 is 1.61 bits per heavy atom. The molecule has 3 heterocycles. The summed E-state index contributed by atoms with van der Waals surface area (Å²) in [5.41, 5.74) is 8.92. The van der Waals surface area contributed by atoms with Crippen molar-refractivity contribution in [1.29, 1.82) is 0 Å². The van der Waals surface area contributed by atoms with E-state index in [0.29, 0.717) is 0 Å². The lowest BCUT2D eigenvalue weighted by Gasteiger charge is -2.30. The van der Waals surface area contributed by atoms with Crippen LogP contribution in [0.25, 0.3) is 11.3 Å². The molecular weight excluding hydrogens is 534 g/mol. The van der Waals surface area contributed by atoms with E-state index in [1.165, 1.54) is 16.7 Å². The summed E-state index contributed by atoms with van der Waals surface area (Å²) < 4.78 is 0. The Morgan fingerprint density at radius 2 is 1.05 bits per heavy atom. The van der Waals surface area contributed by atoms with Gasteiger partial charge in [-0.15, -0.1) is 0 Å². The van der Waals surface area contributed by atoms with Crippen LogP contribution in [0.3, 0.4) is 0 Å². The van der Waals surface area contributed by atoms with Crippen LogP contribution in [0.2, 0.25) is 0 Å². The summed E-state index contributed by atoms with van der Waals surface area (Å²) in [5, 5.41) is 0. The SMILES string of the molecule is CC(CCc1cccc(-c2cccc(CCC(C)(c3ccccc3)c3ccccn3)n2)c1)(c1ccccc1)c1ccccn1. The molecule has 2 unspecified atom stereocenters. The zero-order valence-electron chi connectivity index (χ0n) is 25.6. The van der Waals surface area contributed by atoms with E-state index in [2.05, 4.69) is 141 Å². The third-order valence-corrected chi connectivity index (χ3v) is 9.11. The lowest BCUT2D eigenvalue weighted by molar-refractivity contribution is 0.502. The lowest BCUT2D eigenvalue weighted by Crippen LogP contribution is -2.26. The van der Waals surface area contributed by atoms with Gasteiger partial charge in [-0.3, -0.25) is 15.0 Å². The van der Waals surface area contributed by atoms with Gasteiger partial charge in [0.05, 0.1) is 17.1 Å². The molecule has 0 saturated carbocycles. The molecule has 6 aromatic rings. The highest BCUT2D eigenvalue weighted by Crippen LogP contribution is 2.37. The maximum absolute atomic E-state index is 5.15. The molecule has 6 rings (SSSR count). The molecule has 0 bridgehead atoms. The van der Waals surface area contributed by atoms with E-state index in [1.54, 1.807) is 0 Å². The van der Waals surface area contributed by atoms with Gasteiger partial charge in [0.1, 0.15) is 0 Å². The number of hydrogen-bond donors (Lipinski definition) is 0. The van der Waals surface area contributed by atoms with Crippen LogP contribution >= 0.6 is 0 Å². The number of nitrogens with zero attached hydrogens (tertiary/aromatic N) is 3. The van der Waals surface area contributed by atoms with Crippen molar-refractivity contribution in [2.24, 2.45) is 0 Å². The number of pyridine rings is 3.